The molecule has 2 aromatic carbocycles. The Labute approximate surface area is 236 Å². The molecule has 1 saturated heterocycles. The largest absolute Gasteiger partial charge is 0.475 e. The van der Waals surface area contributed by atoms with E-state index in [1.165, 1.54) is 0 Å². The van der Waals surface area contributed by atoms with Crippen LogP contribution >= 0.6 is 34.8 Å². The second kappa shape index (κ2) is 12.3. The monoisotopic (exact) mass is 591 g/mol. The summed E-state index contributed by atoms with van der Waals surface area (Å²) in [6.45, 7) is 1.56. The van der Waals surface area contributed by atoms with E-state index in [0.29, 0.717) is 15.6 Å². The first-order valence-corrected chi connectivity index (χ1v) is 12.6. The van der Waals surface area contributed by atoms with Gasteiger partial charge in [0.25, 0.3) is 5.91 Å². The van der Waals surface area contributed by atoms with E-state index >= 15 is 0 Å². The topological polar surface area (TPSA) is 152 Å². The van der Waals surface area contributed by atoms with E-state index in [0.717, 1.165) is 54.8 Å². The van der Waals surface area contributed by atoms with Gasteiger partial charge < -0.3 is 19.7 Å². The predicted octanol–water partition coefficient (Wildman–Crippen LogP) is 5.87. The molecule has 0 radical (unpaired) electrons. The Bertz CT molecular complexity index is 1510. The summed E-state index contributed by atoms with van der Waals surface area (Å²) in [6, 6.07) is 12.8. The van der Waals surface area contributed by atoms with Crippen LogP contribution in [0.15, 0.2) is 59.3 Å². The lowest BCUT2D eigenvalue weighted by atomic mass is 10.0. The van der Waals surface area contributed by atoms with Crippen LogP contribution in [0.5, 0.6) is 0 Å². The SMILES string of the molecule is O=C(NC1CCN(c2ncnc3cc(Cl)ccc23)CC1)c1cccc(Cl)c1Cl.O=C(O)c1ccc([N+](=O)[O-])o1. The highest BCUT2D eigenvalue weighted by Gasteiger charge is 2.24. The summed E-state index contributed by atoms with van der Waals surface area (Å²) in [5, 5.41) is 23.6. The zero-order valence-corrected chi connectivity index (χ0v) is 22.3. The van der Waals surface area contributed by atoms with Crippen LogP contribution in [0.4, 0.5) is 11.7 Å². The molecule has 1 aliphatic heterocycles. The van der Waals surface area contributed by atoms with E-state index in [2.05, 4.69) is 24.6 Å². The molecule has 11 nitrogen and oxygen atoms in total. The molecule has 202 valence electrons. The molecule has 2 aromatic heterocycles. The molecule has 1 amide bonds. The Morgan fingerprint density at radius 3 is 2.46 bits per heavy atom. The van der Waals surface area contributed by atoms with Crippen molar-refractivity contribution in [1.82, 2.24) is 15.3 Å². The summed E-state index contributed by atoms with van der Waals surface area (Å²) in [7, 11) is 0. The van der Waals surface area contributed by atoms with Crippen LogP contribution in [-0.4, -0.2) is 51.0 Å². The zero-order valence-electron chi connectivity index (χ0n) is 20.0. The van der Waals surface area contributed by atoms with Crippen molar-refractivity contribution in [2.24, 2.45) is 0 Å². The molecule has 0 bridgehead atoms. The molecule has 14 heteroatoms. The minimum atomic E-state index is -1.32. The number of piperidine rings is 1. The van der Waals surface area contributed by atoms with Crippen molar-refractivity contribution in [2.75, 3.05) is 18.0 Å². The second-order valence-corrected chi connectivity index (χ2v) is 9.62. The van der Waals surface area contributed by atoms with E-state index in [9.17, 15) is 19.7 Å². The number of benzene rings is 2. The van der Waals surface area contributed by atoms with Crippen molar-refractivity contribution in [3.8, 4) is 0 Å². The highest BCUT2D eigenvalue weighted by molar-refractivity contribution is 6.43. The minimum absolute atomic E-state index is 0.0707. The lowest BCUT2D eigenvalue weighted by Crippen LogP contribution is -2.45. The lowest BCUT2D eigenvalue weighted by Gasteiger charge is -2.33. The Hall–Kier alpha value is -3.93. The molecular weight excluding hydrogens is 573 g/mol. The molecule has 2 N–H and O–H groups in total. The first kappa shape index (κ1) is 28.1. The van der Waals surface area contributed by atoms with Crippen LogP contribution in [0.1, 0.15) is 33.8 Å². The number of halogens is 3. The molecule has 0 aliphatic carbocycles. The number of nitrogens with one attached hydrogen (secondary N) is 1. The van der Waals surface area contributed by atoms with Gasteiger partial charge in [0, 0.05) is 29.5 Å². The third kappa shape index (κ3) is 6.75. The van der Waals surface area contributed by atoms with E-state index in [4.69, 9.17) is 39.9 Å². The van der Waals surface area contributed by atoms with Crippen LogP contribution in [0.3, 0.4) is 0 Å². The van der Waals surface area contributed by atoms with E-state index in [1.807, 2.05) is 18.2 Å². The third-order valence-corrected chi connectivity index (χ3v) is 6.94. The van der Waals surface area contributed by atoms with Gasteiger partial charge in [-0.25, -0.2) is 14.8 Å². The number of hydrogen-bond donors (Lipinski definition) is 2. The number of amides is 1. The highest BCUT2D eigenvalue weighted by Crippen LogP contribution is 2.28. The number of carboxylic acid groups (broad SMARTS) is 1. The van der Waals surface area contributed by atoms with Crippen LogP contribution < -0.4 is 10.2 Å². The van der Waals surface area contributed by atoms with Crippen molar-refractivity contribution >= 4 is 69.3 Å². The summed E-state index contributed by atoms with van der Waals surface area (Å²) < 4.78 is 4.31. The van der Waals surface area contributed by atoms with Gasteiger partial charge in [-0.2, -0.15) is 0 Å². The zero-order chi connectivity index (χ0) is 28.1. The predicted molar refractivity (Wildman–Crippen MR) is 146 cm³/mol. The van der Waals surface area contributed by atoms with Crippen molar-refractivity contribution in [3.63, 3.8) is 0 Å². The number of furan rings is 1. The molecule has 0 atom stereocenters. The molecule has 1 fully saturated rings. The van der Waals surface area contributed by atoms with Crippen LogP contribution in [-0.2, 0) is 0 Å². The number of nitro groups is 1. The molecule has 5 rings (SSSR count). The maximum Gasteiger partial charge on any atom is 0.433 e. The highest BCUT2D eigenvalue weighted by atomic mass is 35.5. The average Bonchev–Trinajstić information content (AvgIpc) is 3.42. The van der Waals surface area contributed by atoms with E-state index in [1.54, 1.807) is 24.5 Å². The number of carbonyl (C=O) groups is 2. The second-order valence-electron chi connectivity index (χ2n) is 8.40. The molecule has 4 aromatic rings. The Balaban J connectivity index is 0.000000270. The van der Waals surface area contributed by atoms with Crippen LogP contribution in [0.25, 0.3) is 10.9 Å². The molecule has 39 heavy (non-hydrogen) atoms. The number of carboxylic acids is 1. The van der Waals surface area contributed by atoms with Gasteiger partial charge in [-0.05, 0) is 49.2 Å². The fraction of sp³-hybridized carbons (Fsp3) is 0.200. The average molecular weight is 593 g/mol. The minimum Gasteiger partial charge on any atom is -0.475 e. The summed E-state index contributed by atoms with van der Waals surface area (Å²) in [5.41, 5.74) is 1.22. The fourth-order valence-electron chi connectivity index (χ4n) is 3.99. The van der Waals surface area contributed by atoms with Gasteiger partial charge in [0.05, 0.1) is 27.2 Å². The number of aromatic nitrogens is 2. The van der Waals surface area contributed by atoms with E-state index < -0.39 is 22.5 Å². The summed E-state index contributed by atoms with van der Waals surface area (Å²) in [5.74, 6) is -1.63. The summed E-state index contributed by atoms with van der Waals surface area (Å²) in [4.78, 5) is 42.8. The number of nitrogens with zero attached hydrogens (tertiary/aromatic N) is 4. The van der Waals surface area contributed by atoms with Crippen molar-refractivity contribution in [3.05, 3.63) is 91.4 Å². The molecular formula is C25H20Cl3N5O6. The van der Waals surface area contributed by atoms with Crippen LogP contribution in [0.2, 0.25) is 15.1 Å². The van der Waals surface area contributed by atoms with Gasteiger partial charge in [-0.15, -0.1) is 0 Å². The quantitative estimate of drug-likeness (QED) is 0.214. The Morgan fingerprint density at radius 2 is 1.82 bits per heavy atom. The normalized spacial score (nSPS) is 13.5. The van der Waals surface area contributed by atoms with Crippen LogP contribution in [0, 0.1) is 10.1 Å². The number of fused-ring (bicyclic) bond motifs is 1. The van der Waals surface area contributed by atoms with Gasteiger partial charge in [-0.3, -0.25) is 14.9 Å². The Morgan fingerprint density at radius 1 is 1.08 bits per heavy atom. The van der Waals surface area contributed by atoms with Gasteiger partial charge in [0.1, 0.15) is 17.1 Å². The number of anilines is 1. The molecule has 1 aliphatic rings. The molecule has 0 unspecified atom stereocenters. The third-order valence-electron chi connectivity index (χ3n) is 5.89. The fourth-order valence-corrected chi connectivity index (χ4v) is 4.54. The number of aromatic carboxylic acids is 1. The van der Waals surface area contributed by atoms with E-state index in [-0.39, 0.29) is 17.0 Å². The first-order chi connectivity index (χ1) is 18.6. The maximum absolute atomic E-state index is 12.5. The van der Waals surface area contributed by atoms with Gasteiger partial charge in [0.15, 0.2) is 0 Å². The first-order valence-electron chi connectivity index (χ1n) is 11.5. The lowest BCUT2D eigenvalue weighted by molar-refractivity contribution is -0.402. The number of carbonyl (C=O) groups excluding carboxylic acids is 1. The van der Waals surface area contributed by atoms with Crippen molar-refractivity contribution < 1.29 is 24.0 Å². The van der Waals surface area contributed by atoms with Gasteiger partial charge >= 0.3 is 11.9 Å². The Kier molecular flexibility index (Phi) is 8.85. The maximum atomic E-state index is 12.5. The van der Waals surface area contributed by atoms with Crippen molar-refractivity contribution in [1.29, 1.82) is 0 Å². The molecule has 3 heterocycles. The van der Waals surface area contributed by atoms with Gasteiger partial charge in [-0.1, -0.05) is 40.9 Å². The summed E-state index contributed by atoms with van der Waals surface area (Å²) in [6.07, 6.45) is 3.18. The number of rotatable bonds is 5. The smallest absolute Gasteiger partial charge is 0.433 e. The van der Waals surface area contributed by atoms with Gasteiger partial charge in [0.2, 0.25) is 5.76 Å². The molecule has 0 saturated carbocycles. The summed E-state index contributed by atoms with van der Waals surface area (Å²) >= 11 is 18.2. The van der Waals surface area contributed by atoms with Crippen molar-refractivity contribution in [2.45, 2.75) is 18.9 Å². The number of hydrogen-bond acceptors (Lipinski definition) is 8. The molecule has 0 spiro atoms. The standard InChI is InChI=1S/C20H17Cl3N4O.C5H3NO5/c21-12-4-5-14-17(10-12)24-11-25-19(14)27-8-6-13(7-9-27)26-20(28)15-2-1-3-16(22)18(15)23;7-5(8)3-1-2-4(11-3)6(9)10/h1-5,10-11,13H,6-9H2,(H,26,28);1-2H,(H,7,8).